The second kappa shape index (κ2) is 7.58. The van der Waals surface area contributed by atoms with Gasteiger partial charge in [0.1, 0.15) is 0 Å². The number of likely N-dealkylation sites (N-methyl/N-ethyl adjacent to an activating group) is 1. The number of nitrogens with one attached hydrogen (secondary N) is 2. The number of thiophene rings is 1. The van der Waals surface area contributed by atoms with E-state index in [2.05, 4.69) is 10.6 Å². The number of rotatable bonds is 5. The lowest BCUT2D eigenvalue weighted by atomic mass is 10.2. The second-order valence-electron chi connectivity index (χ2n) is 4.93. The lowest BCUT2D eigenvalue weighted by molar-refractivity contribution is 0.244. The minimum absolute atomic E-state index is 0.0254. The third kappa shape index (κ3) is 4.19. The summed E-state index contributed by atoms with van der Waals surface area (Å²) >= 11 is 7.31. The zero-order valence-corrected chi connectivity index (χ0v) is 13.8. The molecule has 0 saturated carbocycles. The van der Waals surface area contributed by atoms with Crippen molar-refractivity contribution in [1.82, 2.24) is 10.2 Å². The quantitative estimate of drug-likeness (QED) is 0.864. The number of carbonyl (C=O) groups excluding carboxylic acids is 1. The van der Waals surface area contributed by atoms with E-state index in [4.69, 9.17) is 11.6 Å². The number of benzene rings is 1. The number of hydrogen-bond acceptors (Lipinski definition) is 3. The molecule has 0 aliphatic heterocycles. The molecule has 0 aliphatic carbocycles. The summed E-state index contributed by atoms with van der Waals surface area (Å²) in [6.07, 6.45) is 0. The number of nitrogens with zero attached hydrogens (tertiary/aromatic N) is 1. The van der Waals surface area contributed by atoms with Crippen LogP contribution < -0.4 is 10.6 Å². The molecule has 0 fully saturated rings. The fourth-order valence-electron chi connectivity index (χ4n) is 1.97. The topological polar surface area (TPSA) is 44.4 Å². The molecule has 1 heterocycles. The van der Waals surface area contributed by atoms with Gasteiger partial charge in [-0.2, -0.15) is 0 Å². The van der Waals surface area contributed by atoms with E-state index in [0.29, 0.717) is 6.54 Å². The summed E-state index contributed by atoms with van der Waals surface area (Å²) in [5, 5.41) is 7.19. The Labute approximate surface area is 137 Å². The maximum atomic E-state index is 13.7. The number of amides is 2. The van der Waals surface area contributed by atoms with Crippen LogP contribution in [-0.4, -0.2) is 31.6 Å². The molecular formula is C15H17ClFN3OS. The molecule has 1 aromatic carbocycles. The fraction of sp³-hybridized carbons (Fsp3) is 0.267. The van der Waals surface area contributed by atoms with Gasteiger partial charge in [-0.05, 0) is 37.7 Å². The van der Waals surface area contributed by atoms with Crippen LogP contribution in [0.4, 0.5) is 14.9 Å². The van der Waals surface area contributed by atoms with Crippen LogP contribution in [0.15, 0.2) is 35.7 Å². The van der Waals surface area contributed by atoms with Crippen molar-refractivity contribution in [3.8, 4) is 0 Å². The maximum absolute atomic E-state index is 13.7. The first-order valence-electron chi connectivity index (χ1n) is 6.67. The summed E-state index contributed by atoms with van der Waals surface area (Å²) in [6.45, 7) is 0.418. The highest BCUT2D eigenvalue weighted by atomic mass is 35.5. The molecule has 0 bridgehead atoms. The molecule has 7 heteroatoms. The van der Waals surface area contributed by atoms with Gasteiger partial charge in [0.05, 0.1) is 16.8 Å². The smallest absolute Gasteiger partial charge is 0.319 e. The Kier molecular flexibility index (Phi) is 5.76. The molecule has 2 rings (SSSR count). The zero-order valence-electron chi connectivity index (χ0n) is 12.3. The Balaban J connectivity index is 1.96. The van der Waals surface area contributed by atoms with Crippen molar-refractivity contribution in [2.24, 2.45) is 0 Å². The van der Waals surface area contributed by atoms with Gasteiger partial charge in [0.15, 0.2) is 5.82 Å². The number of anilines is 1. The van der Waals surface area contributed by atoms with Gasteiger partial charge in [-0.3, -0.25) is 0 Å². The van der Waals surface area contributed by atoms with Crippen LogP contribution in [0.5, 0.6) is 0 Å². The fourth-order valence-corrected chi connectivity index (χ4v) is 3.07. The van der Waals surface area contributed by atoms with E-state index in [1.54, 1.807) is 17.4 Å². The molecule has 2 amide bonds. The van der Waals surface area contributed by atoms with E-state index in [-0.39, 0.29) is 16.8 Å². The molecule has 1 unspecified atom stereocenters. The van der Waals surface area contributed by atoms with Crippen molar-refractivity contribution in [2.75, 3.05) is 26.0 Å². The largest absolute Gasteiger partial charge is 0.336 e. The summed E-state index contributed by atoms with van der Waals surface area (Å²) in [5.74, 6) is -0.637. The molecule has 2 N–H and O–H groups in total. The molecule has 1 atom stereocenters. The molecular weight excluding hydrogens is 325 g/mol. The van der Waals surface area contributed by atoms with E-state index in [1.807, 2.05) is 36.5 Å². The van der Waals surface area contributed by atoms with Crippen molar-refractivity contribution in [2.45, 2.75) is 6.04 Å². The average Bonchev–Trinajstić information content (AvgIpc) is 2.98. The van der Waals surface area contributed by atoms with Gasteiger partial charge in [0.25, 0.3) is 0 Å². The Hall–Kier alpha value is -1.63. The highest BCUT2D eigenvalue weighted by molar-refractivity contribution is 7.10. The summed E-state index contributed by atoms with van der Waals surface area (Å²) in [7, 11) is 3.89. The first-order valence-corrected chi connectivity index (χ1v) is 7.93. The van der Waals surface area contributed by atoms with Crippen LogP contribution in [0.1, 0.15) is 10.9 Å². The molecule has 4 nitrogen and oxygen atoms in total. The van der Waals surface area contributed by atoms with Gasteiger partial charge in [-0.1, -0.05) is 23.7 Å². The Morgan fingerprint density at radius 2 is 2.14 bits per heavy atom. The monoisotopic (exact) mass is 341 g/mol. The molecule has 1 aromatic heterocycles. The van der Waals surface area contributed by atoms with Gasteiger partial charge in [-0.15, -0.1) is 11.3 Å². The van der Waals surface area contributed by atoms with Crippen LogP contribution >= 0.6 is 22.9 Å². The van der Waals surface area contributed by atoms with E-state index in [9.17, 15) is 9.18 Å². The van der Waals surface area contributed by atoms with Gasteiger partial charge >= 0.3 is 6.03 Å². The second-order valence-corrected chi connectivity index (χ2v) is 6.32. The Bertz CT molecular complexity index is 634. The van der Waals surface area contributed by atoms with E-state index in [0.717, 1.165) is 4.88 Å². The summed E-state index contributed by atoms with van der Waals surface area (Å²) in [5.41, 5.74) is 0.0579. The zero-order chi connectivity index (χ0) is 16.1. The van der Waals surface area contributed by atoms with Crippen LogP contribution in [0, 0.1) is 5.82 Å². The van der Waals surface area contributed by atoms with E-state index >= 15 is 0 Å². The van der Waals surface area contributed by atoms with Crippen molar-refractivity contribution >= 4 is 34.7 Å². The molecule has 118 valence electrons. The van der Waals surface area contributed by atoms with Crippen LogP contribution in [0.25, 0.3) is 0 Å². The molecule has 0 saturated heterocycles. The van der Waals surface area contributed by atoms with Gasteiger partial charge in [0.2, 0.25) is 0 Å². The SMILES string of the molecule is CN(C)C(CNC(=O)Nc1cccc(Cl)c1F)c1cccs1. The van der Waals surface area contributed by atoms with Crippen LogP contribution in [0.2, 0.25) is 5.02 Å². The predicted octanol–water partition coefficient (Wildman–Crippen LogP) is 3.97. The first-order chi connectivity index (χ1) is 10.5. The minimum atomic E-state index is -0.637. The molecule has 0 radical (unpaired) electrons. The highest BCUT2D eigenvalue weighted by Crippen LogP contribution is 2.23. The average molecular weight is 342 g/mol. The number of halogens is 2. The van der Waals surface area contributed by atoms with Crippen molar-refractivity contribution in [1.29, 1.82) is 0 Å². The number of urea groups is 1. The third-order valence-electron chi connectivity index (χ3n) is 3.15. The van der Waals surface area contributed by atoms with E-state index < -0.39 is 11.8 Å². The molecule has 0 aliphatic rings. The summed E-state index contributed by atoms with van der Waals surface area (Å²) in [6, 6.07) is 8.06. The normalized spacial score (nSPS) is 12.2. The Morgan fingerprint density at radius 3 is 2.77 bits per heavy atom. The predicted molar refractivity (Wildman–Crippen MR) is 89.2 cm³/mol. The third-order valence-corrected chi connectivity index (χ3v) is 4.42. The maximum Gasteiger partial charge on any atom is 0.319 e. The van der Waals surface area contributed by atoms with Gasteiger partial charge in [-0.25, -0.2) is 9.18 Å². The standard InChI is InChI=1S/C15H17ClFN3OS/c1-20(2)12(13-7-4-8-22-13)9-18-15(21)19-11-6-3-5-10(16)14(11)17/h3-8,12H,9H2,1-2H3,(H2,18,19,21). The van der Waals surface area contributed by atoms with Crippen molar-refractivity contribution in [3.05, 3.63) is 51.4 Å². The molecule has 0 spiro atoms. The lowest BCUT2D eigenvalue weighted by Gasteiger charge is -2.23. The molecule has 22 heavy (non-hydrogen) atoms. The van der Waals surface area contributed by atoms with Gasteiger partial charge < -0.3 is 15.5 Å². The van der Waals surface area contributed by atoms with Crippen LogP contribution in [0.3, 0.4) is 0 Å². The lowest BCUT2D eigenvalue weighted by Crippen LogP contribution is -2.36. The first kappa shape index (κ1) is 16.7. The number of hydrogen-bond donors (Lipinski definition) is 2. The summed E-state index contributed by atoms with van der Waals surface area (Å²) in [4.78, 5) is 15.1. The van der Waals surface area contributed by atoms with Crippen LogP contribution in [-0.2, 0) is 0 Å². The minimum Gasteiger partial charge on any atom is -0.336 e. The van der Waals surface area contributed by atoms with Crippen molar-refractivity contribution in [3.63, 3.8) is 0 Å². The summed E-state index contributed by atoms with van der Waals surface area (Å²) < 4.78 is 13.7. The van der Waals surface area contributed by atoms with Crippen molar-refractivity contribution < 1.29 is 9.18 Å². The molecule has 2 aromatic rings. The Morgan fingerprint density at radius 1 is 1.36 bits per heavy atom. The highest BCUT2D eigenvalue weighted by Gasteiger charge is 2.16. The number of carbonyl (C=O) groups is 1. The van der Waals surface area contributed by atoms with Gasteiger partial charge in [0, 0.05) is 11.4 Å². The van der Waals surface area contributed by atoms with E-state index in [1.165, 1.54) is 12.1 Å².